The summed E-state index contributed by atoms with van der Waals surface area (Å²) in [6.07, 6.45) is 2.06. The maximum atomic E-state index is 13.3. The molecule has 2 aliphatic rings. The van der Waals surface area contributed by atoms with Crippen molar-refractivity contribution >= 4 is 34.2 Å². The largest absolute Gasteiger partial charge is 0.416 e. The zero-order valence-electron chi connectivity index (χ0n) is 18.2. The molecule has 0 radical (unpaired) electrons. The van der Waals surface area contributed by atoms with E-state index in [1.165, 1.54) is 19.3 Å². The van der Waals surface area contributed by atoms with E-state index in [2.05, 4.69) is 14.5 Å². The molecule has 2 aromatic carbocycles. The Bertz CT molecular complexity index is 1160. The van der Waals surface area contributed by atoms with Crippen LogP contribution in [0.1, 0.15) is 49.1 Å². The van der Waals surface area contributed by atoms with Crippen molar-refractivity contribution in [3.05, 3.63) is 63.4 Å². The number of aromatic nitrogens is 2. The fourth-order valence-corrected chi connectivity index (χ4v) is 5.87. The second-order valence-corrected chi connectivity index (χ2v) is 10.1. The van der Waals surface area contributed by atoms with Gasteiger partial charge in [-0.2, -0.15) is 13.2 Å². The van der Waals surface area contributed by atoms with Gasteiger partial charge in [-0.25, -0.2) is 4.98 Å². The van der Waals surface area contributed by atoms with Gasteiger partial charge < -0.3 is 9.47 Å². The summed E-state index contributed by atoms with van der Waals surface area (Å²) in [5.74, 6) is 1.22. The minimum atomic E-state index is -4.40. The van der Waals surface area contributed by atoms with E-state index in [9.17, 15) is 13.2 Å². The lowest BCUT2D eigenvalue weighted by Crippen LogP contribution is -2.49. The first-order valence-electron chi connectivity index (χ1n) is 11.5. The molecule has 1 aromatic heterocycles. The number of imidazole rings is 1. The van der Waals surface area contributed by atoms with E-state index >= 15 is 0 Å². The maximum absolute atomic E-state index is 13.3. The molecule has 0 bridgehead atoms. The number of hydrogen-bond donors (Lipinski definition) is 0. The quantitative estimate of drug-likeness (QED) is 0.380. The average Bonchev–Trinajstić information content (AvgIpc) is 3.12. The molecular formula is C25H26Cl2F3N3. The third-order valence-electron chi connectivity index (χ3n) is 7.15. The van der Waals surface area contributed by atoms with Crippen LogP contribution in [-0.4, -0.2) is 33.6 Å². The van der Waals surface area contributed by atoms with E-state index in [0.717, 1.165) is 61.5 Å². The minimum Gasteiger partial charge on any atom is -0.327 e. The molecule has 3 aromatic rings. The summed E-state index contributed by atoms with van der Waals surface area (Å²) in [5.41, 5.74) is 1.40. The summed E-state index contributed by atoms with van der Waals surface area (Å²) in [7, 11) is 0. The molecule has 2 saturated heterocycles. The van der Waals surface area contributed by atoms with Crippen LogP contribution in [0, 0.1) is 5.92 Å². The fourth-order valence-electron chi connectivity index (χ4n) is 5.55. The van der Waals surface area contributed by atoms with E-state index in [1.807, 2.05) is 6.07 Å². The summed E-state index contributed by atoms with van der Waals surface area (Å²) in [6, 6.07) is 9.88. The van der Waals surface area contributed by atoms with Gasteiger partial charge in [-0.3, -0.25) is 0 Å². The number of halogens is 5. The zero-order valence-corrected chi connectivity index (χ0v) is 19.7. The molecule has 0 amide bonds. The average molecular weight is 496 g/mol. The third-order valence-corrected chi connectivity index (χ3v) is 7.89. The number of alkyl halides is 3. The standard InChI is InChI=1S/C25H26Cl2F3N3/c26-19-8-6-16(12-20(19)27)13-24-31-21-14-18(25(28,29)30)7-9-23(21)33(24)15-17-4-3-11-32-10-2-1-5-22(17)32/h6-9,12,14,17,22H,1-5,10-11,13,15H2/t17-,22+/m0/s1. The molecule has 176 valence electrons. The molecule has 2 atom stereocenters. The Morgan fingerprint density at radius 1 is 0.939 bits per heavy atom. The van der Waals surface area contributed by atoms with Gasteiger partial charge in [0.1, 0.15) is 5.82 Å². The molecule has 3 heterocycles. The predicted octanol–water partition coefficient (Wildman–Crippen LogP) is 7.22. The molecule has 3 nitrogen and oxygen atoms in total. The first kappa shape index (κ1) is 23.0. The Morgan fingerprint density at radius 3 is 2.55 bits per heavy atom. The Morgan fingerprint density at radius 2 is 1.76 bits per heavy atom. The molecule has 0 aliphatic carbocycles. The minimum absolute atomic E-state index is 0.385. The van der Waals surface area contributed by atoms with Crippen LogP contribution in [0.5, 0.6) is 0 Å². The molecule has 2 aliphatic heterocycles. The van der Waals surface area contributed by atoms with E-state index < -0.39 is 11.7 Å². The molecule has 0 spiro atoms. The fraction of sp³-hybridized carbons (Fsp3) is 0.480. The summed E-state index contributed by atoms with van der Waals surface area (Å²) >= 11 is 12.3. The van der Waals surface area contributed by atoms with Crippen LogP contribution in [-0.2, 0) is 19.1 Å². The highest BCUT2D eigenvalue weighted by Gasteiger charge is 2.34. The summed E-state index contributed by atoms with van der Waals surface area (Å²) in [4.78, 5) is 7.29. The van der Waals surface area contributed by atoms with Crippen LogP contribution in [0.15, 0.2) is 36.4 Å². The number of nitrogens with zero attached hydrogens (tertiary/aromatic N) is 3. The van der Waals surface area contributed by atoms with Crippen molar-refractivity contribution in [2.45, 2.75) is 57.3 Å². The Labute approximate surface area is 201 Å². The van der Waals surface area contributed by atoms with Gasteiger partial charge in [0.2, 0.25) is 0 Å². The molecule has 8 heteroatoms. The van der Waals surface area contributed by atoms with E-state index in [1.54, 1.807) is 18.2 Å². The van der Waals surface area contributed by atoms with Gasteiger partial charge in [-0.05, 0) is 80.6 Å². The van der Waals surface area contributed by atoms with Crippen LogP contribution in [0.2, 0.25) is 10.0 Å². The number of benzene rings is 2. The van der Waals surface area contributed by atoms with Gasteiger partial charge in [0.25, 0.3) is 0 Å². The van der Waals surface area contributed by atoms with Gasteiger partial charge in [-0.15, -0.1) is 0 Å². The SMILES string of the molecule is FC(F)(F)c1ccc2c(c1)nc(Cc1ccc(Cl)c(Cl)c1)n2C[C@@H]1CCCN2CCCC[C@H]12. The van der Waals surface area contributed by atoms with Crippen LogP contribution in [0.3, 0.4) is 0 Å². The summed E-state index contributed by atoms with van der Waals surface area (Å²) in [5, 5.41) is 0.935. The van der Waals surface area contributed by atoms with E-state index in [-0.39, 0.29) is 0 Å². The Hall–Kier alpha value is -1.76. The number of rotatable bonds is 4. The molecule has 2 fully saturated rings. The predicted molar refractivity (Wildman–Crippen MR) is 126 cm³/mol. The highest BCUT2D eigenvalue weighted by molar-refractivity contribution is 6.42. The van der Waals surface area contributed by atoms with Crippen molar-refractivity contribution in [3.63, 3.8) is 0 Å². The second kappa shape index (κ2) is 9.12. The van der Waals surface area contributed by atoms with Crippen molar-refractivity contribution < 1.29 is 13.2 Å². The molecule has 0 saturated carbocycles. The monoisotopic (exact) mass is 495 g/mol. The summed E-state index contributed by atoms with van der Waals surface area (Å²) < 4.78 is 42.2. The van der Waals surface area contributed by atoms with Gasteiger partial charge in [0.05, 0.1) is 26.6 Å². The molecule has 33 heavy (non-hydrogen) atoms. The van der Waals surface area contributed by atoms with Gasteiger partial charge in [0.15, 0.2) is 0 Å². The van der Waals surface area contributed by atoms with Crippen molar-refractivity contribution in [3.8, 4) is 0 Å². The second-order valence-electron chi connectivity index (χ2n) is 9.27. The Balaban J connectivity index is 1.53. The van der Waals surface area contributed by atoms with Crippen molar-refractivity contribution in [1.82, 2.24) is 14.5 Å². The van der Waals surface area contributed by atoms with Crippen molar-refractivity contribution in [2.75, 3.05) is 13.1 Å². The smallest absolute Gasteiger partial charge is 0.327 e. The van der Waals surface area contributed by atoms with Crippen LogP contribution in [0.4, 0.5) is 13.2 Å². The first-order chi connectivity index (χ1) is 15.8. The lowest BCUT2D eigenvalue weighted by Gasteiger charge is -2.44. The van der Waals surface area contributed by atoms with Gasteiger partial charge in [-0.1, -0.05) is 35.7 Å². The zero-order chi connectivity index (χ0) is 23.2. The topological polar surface area (TPSA) is 21.1 Å². The summed E-state index contributed by atoms with van der Waals surface area (Å²) in [6.45, 7) is 3.06. The first-order valence-corrected chi connectivity index (χ1v) is 12.3. The molecule has 5 rings (SSSR count). The molecular weight excluding hydrogens is 470 g/mol. The molecule has 0 unspecified atom stereocenters. The van der Waals surface area contributed by atoms with Crippen molar-refractivity contribution in [1.29, 1.82) is 0 Å². The normalized spacial score (nSPS) is 22.0. The highest BCUT2D eigenvalue weighted by Crippen LogP contribution is 2.35. The Kier molecular flexibility index (Phi) is 6.36. The van der Waals surface area contributed by atoms with E-state index in [0.29, 0.717) is 33.9 Å². The molecule has 0 N–H and O–H groups in total. The van der Waals surface area contributed by atoms with Crippen molar-refractivity contribution in [2.24, 2.45) is 5.92 Å². The highest BCUT2D eigenvalue weighted by atomic mass is 35.5. The lowest BCUT2D eigenvalue weighted by molar-refractivity contribution is -0.137. The maximum Gasteiger partial charge on any atom is 0.416 e. The van der Waals surface area contributed by atoms with Crippen LogP contribution < -0.4 is 0 Å². The van der Waals surface area contributed by atoms with E-state index in [4.69, 9.17) is 23.2 Å². The van der Waals surface area contributed by atoms with Crippen LogP contribution >= 0.6 is 23.2 Å². The third kappa shape index (κ3) is 4.75. The number of piperidine rings is 2. The van der Waals surface area contributed by atoms with Crippen LogP contribution in [0.25, 0.3) is 11.0 Å². The number of hydrogen-bond acceptors (Lipinski definition) is 2. The lowest BCUT2D eigenvalue weighted by atomic mass is 9.83. The van der Waals surface area contributed by atoms with Gasteiger partial charge >= 0.3 is 6.18 Å². The number of fused-ring (bicyclic) bond motifs is 2. The van der Waals surface area contributed by atoms with Gasteiger partial charge in [0, 0.05) is 19.0 Å².